The third-order valence-corrected chi connectivity index (χ3v) is 4.75. The number of carbonyl (C=O) groups excluding carboxylic acids is 1. The number of anilines is 1. The average molecular weight is 350 g/mol. The van der Waals surface area contributed by atoms with Crippen LogP contribution in [0.1, 0.15) is 48.0 Å². The fourth-order valence-corrected chi connectivity index (χ4v) is 3.33. The van der Waals surface area contributed by atoms with Crippen LogP contribution in [0.5, 0.6) is 0 Å². The van der Waals surface area contributed by atoms with E-state index >= 15 is 0 Å². The third kappa shape index (κ3) is 3.66. The van der Waals surface area contributed by atoms with E-state index in [4.69, 9.17) is 0 Å². The van der Waals surface area contributed by atoms with E-state index in [0.717, 1.165) is 18.4 Å². The number of hydrogen-bond acceptors (Lipinski definition) is 5. The fourth-order valence-electron chi connectivity index (χ4n) is 3.33. The van der Waals surface area contributed by atoms with Crippen molar-refractivity contribution < 1.29 is 4.79 Å². The second-order valence-electron chi connectivity index (χ2n) is 6.66. The van der Waals surface area contributed by atoms with Gasteiger partial charge < -0.3 is 10.6 Å². The highest BCUT2D eigenvalue weighted by molar-refractivity contribution is 5.99. The maximum atomic E-state index is 12.6. The standard InChI is InChI=1S/C19H22N6O/c26-19(23-15-6-2-1-3-7-15)16-13-22-25-10-8-17(24-18(16)25)21-12-14-5-4-9-20-11-14/h4-5,8-11,13,15H,1-3,6-7,12H2,(H,21,24)(H,23,26). The van der Waals surface area contributed by atoms with Gasteiger partial charge in [0, 0.05) is 31.2 Å². The monoisotopic (exact) mass is 350 g/mol. The van der Waals surface area contributed by atoms with Gasteiger partial charge in [0.1, 0.15) is 11.4 Å². The van der Waals surface area contributed by atoms with Crippen molar-refractivity contribution >= 4 is 17.4 Å². The quantitative estimate of drug-likeness (QED) is 0.739. The zero-order valence-electron chi connectivity index (χ0n) is 14.6. The molecular weight excluding hydrogens is 328 g/mol. The van der Waals surface area contributed by atoms with Gasteiger partial charge >= 0.3 is 0 Å². The highest BCUT2D eigenvalue weighted by Crippen LogP contribution is 2.19. The van der Waals surface area contributed by atoms with Crippen molar-refractivity contribution in [1.82, 2.24) is 24.9 Å². The molecule has 3 heterocycles. The van der Waals surface area contributed by atoms with E-state index in [1.54, 1.807) is 16.9 Å². The van der Waals surface area contributed by atoms with Crippen LogP contribution in [0.2, 0.25) is 0 Å². The topological polar surface area (TPSA) is 84.2 Å². The number of aromatic nitrogens is 4. The molecule has 1 aliphatic rings. The predicted octanol–water partition coefficient (Wildman–Crippen LogP) is 2.80. The Bertz CT molecular complexity index is 885. The van der Waals surface area contributed by atoms with E-state index in [1.165, 1.54) is 19.3 Å². The summed E-state index contributed by atoms with van der Waals surface area (Å²) in [4.78, 5) is 21.3. The molecule has 0 saturated heterocycles. The minimum atomic E-state index is -0.0937. The van der Waals surface area contributed by atoms with Crippen LogP contribution in [0, 0.1) is 0 Å². The van der Waals surface area contributed by atoms with E-state index in [9.17, 15) is 4.79 Å². The molecule has 134 valence electrons. The Morgan fingerprint density at radius 1 is 1.19 bits per heavy atom. The van der Waals surface area contributed by atoms with Crippen LogP contribution in [-0.2, 0) is 6.54 Å². The first-order valence-electron chi connectivity index (χ1n) is 9.07. The van der Waals surface area contributed by atoms with Crippen molar-refractivity contribution in [3.05, 3.63) is 54.1 Å². The molecule has 26 heavy (non-hydrogen) atoms. The zero-order chi connectivity index (χ0) is 17.8. The number of rotatable bonds is 5. The lowest BCUT2D eigenvalue weighted by atomic mass is 9.95. The third-order valence-electron chi connectivity index (χ3n) is 4.75. The molecule has 7 nitrogen and oxygen atoms in total. The number of carbonyl (C=O) groups is 1. The summed E-state index contributed by atoms with van der Waals surface area (Å²) in [6.45, 7) is 0.620. The van der Waals surface area contributed by atoms with Gasteiger partial charge in [-0.25, -0.2) is 9.50 Å². The van der Waals surface area contributed by atoms with Crippen molar-refractivity contribution in [3.8, 4) is 0 Å². The fraction of sp³-hybridized carbons (Fsp3) is 0.368. The maximum absolute atomic E-state index is 12.6. The molecule has 4 rings (SSSR count). The van der Waals surface area contributed by atoms with Crippen LogP contribution in [0.4, 0.5) is 5.82 Å². The van der Waals surface area contributed by atoms with E-state index in [1.807, 2.05) is 30.6 Å². The van der Waals surface area contributed by atoms with Gasteiger partial charge in [-0.15, -0.1) is 0 Å². The highest BCUT2D eigenvalue weighted by atomic mass is 16.1. The Labute approximate surface area is 151 Å². The first kappa shape index (κ1) is 16.5. The van der Waals surface area contributed by atoms with Crippen molar-refractivity contribution in [2.24, 2.45) is 0 Å². The van der Waals surface area contributed by atoms with E-state index in [-0.39, 0.29) is 11.9 Å². The molecule has 0 atom stereocenters. The molecule has 3 aromatic rings. The van der Waals surface area contributed by atoms with Gasteiger partial charge in [-0.05, 0) is 30.5 Å². The molecule has 3 aromatic heterocycles. The summed E-state index contributed by atoms with van der Waals surface area (Å²) in [6, 6.07) is 6.01. The lowest BCUT2D eigenvalue weighted by Crippen LogP contribution is -2.36. The Kier molecular flexibility index (Phi) is 4.77. The number of hydrogen-bond donors (Lipinski definition) is 2. The Balaban J connectivity index is 1.49. The smallest absolute Gasteiger partial charge is 0.256 e. The summed E-state index contributed by atoms with van der Waals surface area (Å²) >= 11 is 0. The van der Waals surface area contributed by atoms with Gasteiger partial charge in [0.15, 0.2) is 5.65 Å². The molecule has 1 saturated carbocycles. The van der Waals surface area contributed by atoms with Crippen molar-refractivity contribution in [1.29, 1.82) is 0 Å². The molecule has 0 aliphatic heterocycles. The normalized spacial score (nSPS) is 15.1. The second-order valence-corrected chi connectivity index (χ2v) is 6.66. The zero-order valence-corrected chi connectivity index (χ0v) is 14.6. The Morgan fingerprint density at radius 3 is 2.88 bits per heavy atom. The van der Waals surface area contributed by atoms with E-state index < -0.39 is 0 Å². The van der Waals surface area contributed by atoms with Crippen LogP contribution in [-0.4, -0.2) is 31.5 Å². The molecule has 0 bridgehead atoms. The van der Waals surface area contributed by atoms with Gasteiger partial charge in [-0.1, -0.05) is 25.3 Å². The summed E-state index contributed by atoms with van der Waals surface area (Å²) < 4.78 is 1.63. The average Bonchev–Trinajstić information content (AvgIpc) is 3.11. The molecule has 0 unspecified atom stereocenters. The largest absolute Gasteiger partial charge is 0.366 e. The predicted molar refractivity (Wildman–Crippen MR) is 98.9 cm³/mol. The first-order chi connectivity index (χ1) is 12.8. The molecule has 7 heteroatoms. The number of pyridine rings is 1. The van der Waals surface area contributed by atoms with Gasteiger partial charge in [0.2, 0.25) is 0 Å². The second kappa shape index (κ2) is 7.51. The molecule has 0 aromatic carbocycles. The summed E-state index contributed by atoms with van der Waals surface area (Å²) in [7, 11) is 0. The molecule has 0 radical (unpaired) electrons. The van der Waals surface area contributed by atoms with Crippen molar-refractivity contribution in [3.63, 3.8) is 0 Å². The molecule has 1 amide bonds. The van der Waals surface area contributed by atoms with Gasteiger partial charge in [-0.2, -0.15) is 5.10 Å². The molecule has 0 spiro atoms. The maximum Gasteiger partial charge on any atom is 0.256 e. The van der Waals surface area contributed by atoms with Crippen molar-refractivity contribution in [2.75, 3.05) is 5.32 Å². The summed E-state index contributed by atoms with van der Waals surface area (Å²) in [5.41, 5.74) is 2.15. The van der Waals surface area contributed by atoms with Crippen LogP contribution >= 0.6 is 0 Å². The van der Waals surface area contributed by atoms with Crippen molar-refractivity contribution in [2.45, 2.75) is 44.7 Å². The van der Waals surface area contributed by atoms with Crippen LogP contribution in [0.25, 0.3) is 5.65 Å². The molecule has 1 fully saturated rings. The number of fused-ring (bicyclic) bond motifs is 1. The molecule has 2 N–H and O–H groups in total. The van der Waals surface area contributed by atoms with Gasteiger partial charge in [0.05, 0.1) is 6.20 Å². The van der Waals surface area contributed by atoms with E-state index in [0.29, 0.717) is 23.6 Å². The number of nitrogens with zero attached hydrogens (tertiary/aromatic N) is 4. The van der Waals surface area contributed by atoms with Gasteiger partial charge in [-0.3, -0.25) is 9.78 Å². The van der Waals surface area contributed by atoms with Crippen LogP contribution in [0.15, 0.2) is 43.0 Å². The Hall–Kier alpha value is -2.96. The number of amides is 1. The SMILES string of the molecule is O=C(NC1CCCCC1)c1cnn2ccc(NCc3cccnc3)nc12. The van der Waals surface area contributed by atoms with E-state index in [2.05, 4.69) is 25.7 Å². The highest BCUT2D eigenvalue weighted by Gasteiger charge is 2.20. The summed E-state index contributed by atoms with van der Waals surface area (Å²) in [5.74, 6) is 0.609. The first-order valence-corrected chi connectivity index (χ1v) is 9.07. The lowest BCUT2D eigenvalue weighted by Gasteiger charge is -2.22. The molecule has 1 aliphatic carbocycles. The van der Waals surface area contributed by atoms with Gasteiger partial charge in [0.25, 0.3) is 5.91 Å². The minimum Gasteiger partial charge on any atom is -0.366 e. The lowest BCUT2D eigenvalue weighted by molar-refractivity contribution is 0.0929. The van der Waals surface area contributed by atoms with Crippen LogP contribution < -0.4 is 10.6 Å². The minimum absolute atomic E-state index is 0.0937. The molecular formula is C19H22N6O. The Morgan fingerprint density at radius 2 is 2.08 bits per heavy atom. The van der Waals surface area contributed by atoms with Crippen LogP contribution in [0.3, 0.4) is 0 Å². The number of nitrogens with one attached hydrogen (secondary N) is 2. The summed E-state index contributed by atoms with van der Waals surface area (Å²) in [5, 5.41) is 10.6. The summed E-state index contributed by atoms with van der Waals surface area (Å²) in [6.07, 6.45) is 12.7.